The highest BCUT2D eigenvalue weighted by Gasteiger charge is 2.32. The molecule has 0 radical (unpaired) electrons. The number of aromatic carboxylic acids is 1. The van der Waals surface area contributed by atoms with E-state index < -0.39 is 18.2 Å². The largest absolute Gasteiger partial charge is 0.481 e. The zero-order chi connectivity index (χ0) is 33.9. The molecule has 9 nitrogen and oxygen atoms in total. The number of thioether (sulfide) groups is 1. The molecule has 0 saturated carbocycles. The molecule has 10 heteroatoms. The molecule has 4 aromatic rings. The van der Waals surface area contributed by atoms with Crippen molar-refractivity contribution in [3.8, 4) is 11.1 Å². The van der Waals surface area contributed by atoms with Crippen LogP contribution in [0.4, 0.5) is 0 Å². The van der Waals surface area contributed by atoms with Gasteiger partial charge < -0.3 is 30.1 Å². The van der Waals surface area contributed by atoms with Gasteiger partial charge in [-0.3, -0.25) is 9.59 Å². The van der Waals surface area contributed by atoms with Crippen LogP contribution >= 0.6 is 11.8 Å². The molecule has 4 aromatic carbocycles. The number of carboxylic acids is 2. The molecule has 0 unspecified atom stereocenters. The van der Waals surface area contributed by atoms with E-state index in [1.165, 1.54) is 11.8 Å². The van der Waals surface area contributed by atoms with E-state index in [1.807, 2.05) is 84.9 Å². The lowest BCUT2D eigenvalue weighted by Crippen LogP contribution is -2.31. The lowest BCUT2D eigenvalue weighted by molar-refractivity contribution is -0.245. The number of carboxylic acid groups (broad SMARTS) is 2. The van der Waals surface area contributed by atoms with E-state index in [9.17, 15) is 24.6 Å². The topological polar surface area (TPSA) is 142 Å². The lowest BCUT2D eigenvalue weighted by atomic mass is 9.99. The maximum atomic E-state index is 12.3. The number of nitrogens with one attached hydrogen (secondary N) is 1. The molecule has 0 bridgehead atoms. The third-order valence-electron chi connectivity index (χ3n) is 8.11. The van der Waals surface area contributed by atoms with Crippen molar-refractivity contribution in [3.63, 3.8) is 0 Å². The smallest absolute Gasteiger partial charge is 0.336 e. The number of carbonyl (C=O) groups is 3. The van der Waals surface area contributed by atoms with Crippen molar-refractivity contribution in [3.05, 3.63) is 125 Å². The van der Waals surface area contributed by atoms with Gasteiger partial charge in [0.1, 0.15) is 0 Å². The summed E-state index contributed by atoms with van der Waals surface area (Å²) in [5.74, 6) is -1.41. The summed E-state index contributed by atoms with van der Waals surface area (Å²) in [6.07, 6.45) is 0.723. The molecule has 250 valence electrons. The van der Waals surface area contributed by atoms with Crippen LogP contribution in [0.25, 0.3) is 11.1 Å². The highest BCUT2D eigenvalue weighted by atomic mass is 32.2. The van der Waals surface area contributed by atoms with E-state index in [2.05, 4.69) is 5.32 Å². The maximum absolute atomic E-state index is 12.3. The molecule has 0 spiro atoms. The monoisotopic (exact) mass is 669 g/mol. The minimum Gasteiger partial charge on any atom is -0.481 e. The number of aliphatic hydroxyl groups is 1. The standard InChI is InChI=1S/C38H39NO8S/c40-23-25-15-17-27(18-16-25)33-21-31(24-48-34-12-2-1-11-32(34)37(44)45)46-38(47-33)30-10-6-9-29(20-30)28-8-5-7-26(19-28)22-39-35(41)13-3-4-14-36(42)43/h1-2,5-12,15-20,31,33,38,40H,3-4,13-14,21-24H2,(H,39,41)(H,42,43)(H,44,45)/t31-,33+,38+/m1/s1. The van der Waals surface area contributed by atoms with E-state index >= 15 is 0 Å². The molecule has 1 saturated heterocycles. The summed E-state index contributed by atoms with van der Waals surface area (Å²) < 4.78 is 13.1. The summed E-state index contributed by atoms with van der Waals surface area (Å²) in [4.78, 5) is 35.4. The van der Waals surface area contributed by atoms with Crippen LogP contribution in [-0.2, 0) is 32.2 Å². The van der Waals surface area contributed by atoms with Crippen LogP contribution in [0.2, 0.25) is 0 Å². The van der Waals surface area contributed by atoms with Crippen LogP contribution < -0.4 is 5.32 Å². The Labute approximate surface area is 283 Å². The third-order valence-corrected chi connectivity index (χ3v) is 9.32. The average molecular weight is 670 g/mol. The highest BCUT2D eigenvalue weighted by molar-refractivity contribution is 7.99. The average Bonchev–Trinajstić information content (AvgIpc) is 3.11. The number of aliphatic hydroxyl groups excluding tert-OH is 1. The number of amides is 1. The second-order valence-electron chi connectivity index (χ2n) is 11.7. The normalized spacial score (nSPS) is 17.5. The van der Waals surface area contributed by atoms with Crippen LogP contribution in [0.15, 0.2) is 102 Å². The number of aliphatic carboxylic acids is 1. The molecule has 1 aliphatic heterocycles. The fourth-order valence-electron chi connectivity index (χ4n) is 5.55. The SMILES string of the molecule is O=C(O)CCCCC(=O)NCc1cccc(-c2cccc([C@H]3O[C@@H](CSc4ccccc4C(=O)O)C[C@@H](c4ccc(CO)cc4)O3)c2)c1. The number of hydrogen-bond acceptors (Lipinski definition) is 7. The summed E-state index contributed by atoms with van der Waals surface area (Å²) in [7, 11) is 0. The van der Waals surface area contributed by atoms with E-state index in [-0.39, 0.29) is 43.1 Å². The minimum atomic E-state index is -0.970. The minimum absolute atomic E-state index is 0.0469. The van der Waals surface area contributed by atoms with Crippen molar-refractivity contribution >= 4 is 29.6 Å². The first-order valence-electron chi connectivity index (χ1n) is 15.9. The van der Waals surface area contributed by atoms with Gasteiger partial charge in [0, 0.05) is 42.0 Å². The molecule has 0 aromatic heterocycles. The van der Waals surface area contributed by atoms with Crippen molar-refractivity contribution in [1.82, 2.24) is 5.32 Å². The Morgan fingerprint density at radius 1 is 0.771 bits per heavy atom. The fraction of sp³-hybridized carbons (Fsp3) is 0.289. The van der Waals surface area contributed by atoms with Crippen LogP contribution in [-0.4, -0.2) is 45.0 Å². The Kier molecular flexibility index (Phi) is 12.4. The molecule has 1 fully saturated rings. The van der Waals surface area contributed by atoms with Crippen molar-refractivity contribution in [2.45, 2.75) is 68.6 Å². The zero-order valence-electron chi connectivity index (χ0n) is 26.4. The third kappa shape index (κ3) is 9.77. The molecule has 1 heterocycles. The molecule has 5 rings (SSSR count). The molecular formula is C38H39NO8S. The van der Waals surface area contributed by atoms with E-state index in [0.717, 1.165) is 33.4 Å². The first kappa shape index (κ1) is 34.8. The maximum Gasteiger partial charge on any atom is 0.336 e. The van der Waals surface area contributed by atoms with Gasteiger partial charge in [0.2, 0.25) is 5.91 Å². The highest BCUT2D eigenvalue weighted by Crippen LogP contribution is 2.40. The van der Waals surface area contributed by atoms with Gasteiger partial charge in [-0.25, -0.2) is 4.79 Å². The zero-order valence-corrected chi connectivity index (χ0v) is 27.2. The van der Waals surface area contributed by atoms with Gasteiger partial charge >= 0.3 is 11.9 Å². The fourth-order valence-corrected chi connectivity index (χ4v) is 6.62. The van der Waals surface area contributed by atoms with Crippen LogP contribution in [0.1, 0.15) is 77.1 Å². The van der Waals surface area contributed by atoms with Crippen molar-refractivity contribution in [2.75, 3.05) is 5.75 Å². The van der Waals surface area contributed by atoms with Crippen LogP contribution in [0.5, 0.6) is 0 Å². The molecule has 0 aliphatic carbocycles. The van der Waals surface area contributed by atoms with Crippen molar-refractivity contribution in [2.24, 2.45) is 0 Å². The number of benzene rings is 4. The van der Waals surface area contributed by atoms with Gasteiger partial charge in [-0.15, -0.1) is 11.8 Å². The number of hydrogen-bond donors (Lipinski definition) is 4. The molecule has 4 N–H and O–H groups in total. The number of rotatable bonds is 15. The predicted molar refractivity (Wildman–Crippen MR) is 182 cm³/mol. The first-order valence-corrected chi connectivity index (χ1v) is 16.9. The quantitative estimate of drug-likeness (QED) is 0.0767. The van der Waals surface area contributed by atoms with Crippen LogP contribution in [0, 0.1) is 0 Å². The van der Waals surface area contributed by atoms with Gasteiger partial charge in [-0.1, -0.05) is 72.8 Å². The molecule has 1 amide bonds. The Hall–Kier alpha value is -4.48. The van der Waals surface area contributed by atoms with Gasteiger partial charge in [0.15, 0.2) is 6.29 Å². The summed E-state index contributed by atoms with van der Waals surface area (Å²) in [6.45, 7) is 0.315. The Morgan fingerprint density at radius 2 is 1.50 bits per heavy atom. The van der Waals surface area contributed by atoms with Gasteiger partial charge in [0.25, 0.3) is 0 Å². The Morgan fingerprint density at radius 3 is 2.25 bits per heavy atom. The number of unbranched alkanes of at least 4 members (excludes halogenated alkanes) is 1. The van der Waals surface area contributed by atoms with E-state index in [0.29, 0.717) is 36.5 Å². The summed E-state index contributed by atoms with van der Waals surface area (Å²) in [5.41, 5.74) is 5.73. The predicted octanol–water partition coefficient (Wildman–Crippen LogP) is 7.14. The van der Waals surface area contributed by atoms with Gasteiger partial charge in [-0.2, -0.15) is 0 Å². The lowest BCUT2D eigenvalue weighted by Gasteiger charge is -2.36. The Bertz CT molecular complexity index is 1710. The molecular weight excluding hydrogens is 630 g/mol. The Balaban J connectivity index is 1.30. The van der Waals surface area contributed by atoms with Crippen molar-refractivity contribution < 1.29 is 39.2 Å². The van der Waals surface area contributed by atoms with Crippen LogP contribution in [0.3, 0.4) is 0 Å². The molecule has 48 heavy (non-hydrogen) atoms. The molecule has 1 aliphatic rings. The summed E-state index contributed by atoms with van der Waals surface area (Å²) in [6, 6.07) is 30.5. The molecule has 3 atom stereocenters. The van der Waals surface area contributed by atoms with Gasteiger partial charge in [-0.05, 0) is 64.9 Å². The van der Waals surface area contributed by atoms with Crippen molar-refractivity contribution in [1.29, 1.82) is 0 Å². The summed E-state index contributed by atoms with van der Waals surface area (Å²) in [5, 5.41) is 30.9. The number of carbonyl (C=O) groups excluding carboxylic acids is 1. The second kappa shape index (κ2) is 17.1. The van der Waals surface area contributed by atoms with E-state index in [1.54, 1.807) is 12.1 Å². The summed E-state index contributed by atoms with van der Waals surface area (Å²) >= 11 is 1.45. The number of ether oxygens (including phenoxy) is 2. The first-order chi connectivity index (χ1) is 23.3. The van der Waals surface area contributed by atoms with Gasteiger partial charge in [0.05, 0.1) is 24.4 Å². The van der Waals surface area contributed by atoms with E-state index in [4.69, 9.17) is 14.6 Å². The second-order valence-corrected chi connectivity index (χ2v) is 12.7.